The van der Waals surface area contributed by atoms with Crippen LogP contribution in [-0.2, 0) is 6.42 Å². The fraction of sp³-hybridized carbons (Fsp3) is 0.667. The predicted molar refractivity (Wildman–Crippen MR) is 47.9 cm³/mol. The second-order valence-corrected chi connectivity index (χ2v) is 3.47. The summed E-state index contributed by atoms with van der Waals surface area (Å²) in [5.74, 6) is 0.883. The highest BCUT2D eigenvalue weighted by atomic mass is 14.9. The Balaban J connectivity index is 1.74. The molecule has 1 fully saturated rings. The van der Waals surface area contributed by atoms with Crippen molar-refractivity contribution >= 4 is 0 Å². The van der Waals surface area contributed by atoms with E-state index in [4.69, 9.17) is 0 Å². The average Bonchev–Trinajstić information content (AvgIpc) is 2.74. The van der Waals surface area contributed by atoms with Gasteiger partial charge in [0.1, 0.15) is 0 Å². The lowest BCUT2D eigenvalue weighted by Gasteiger charge is -2.05. The van der Waals surface area contributed by atoms with Gasteiger partial charge in [-0.3, -0.25) is 0 Å². The average molecular weight is 165 g/mol. The topological polar surface area (TPSA) is 40.7 Å². The Labute approximate surface area is 72.6 Å². The van der Waals surface area contributed by atoms with Crippen molar-refractivity contribution < 1.29 is 0 Å². The van der Waals surface area contributed by atoms with Gasteiger partial charge in [0.05, 0.1) is 6.33 Å². The van der Waals surface area contributed by atoms with Crippen LogP contribution in [0.4, 0.5) is 0 Å². The first-order valence-corrected chi connectivity index (χ1v) is 4.63. The van der Waals surface area contributed by atoms with Crippen LogP contribution in [0, 0.1) is 5.92 Å². The zero-order valence-electron chi connectivity index (χ0n) is 7.21. The first kappa shape index (κ1) is 7.80. The number of imidazole rings is 1. The van der Waals surface area contributed by atoms with Crippen molar-refractivity contribution in [3.63, 3.8) is 0 Å². The van der Waals surface area contributed by atoms with Crippen LogP contribution in [-0.4, -0.2) is 23.1 Å². The third kappa shape index (κ3) is 1.85. The second kappa shape index (κ2) is 3.72. The minimum atomic E-state index is 0.883. The molecular weight excluding hydrogens is 150 g/mol. The monoisotopic (exact) mass is 165 g/mol. The van der Waals surface area contributed by atoms with Crippen molar-refractivity contribution in [1.29, 1.82) is 0 Å². The molecule has 1 aromatic heterocycles. The van der Waals surface area contributed by atoms with Crippen molar-refractivity contribution in [1.82, 2.24) is 15.3 Å². The summed E-state index contributed by atoms with van der Waals surface area (Å²) in [5.41, 5.74) is 1.27. The van der Waals surface area contributed by atoms with E-state index in [1.165, 1.54) is 31.6 Å². The number of H-pyrrole nitrogens is 1. The summed E-state index contributed by atoms with van der Waals surface area (Å²) >= 11 is 0. The smallest absolute Gasteiger partial charge is 0.0921 e. The molecule has 0 unspecified atom stereocenters. The summed E-state index contributed by atoms with van der Waals surface area (Å²) in [4.78, 5) is 7.13. The molecule has 0 saturated carbocycles. The summed E-state index contributed by atoms with van der Waals surface area (Å²) < 4.78 is 0. The van der Waals surface area contributed by atoms with Gasteiger partial charge in [-0.1, -0.05) is 0 Å². The number of rotatable bonds is 3. The molecule has 0 radical (unpaired) electrons. The van der Waals surface area contributed by atoms with E-state index in [-0.39, 0.29) is 0 Å². The molecule has 2 rings (SSSR count). The SMILES string of the molecule is c1ncc(CC[C@H]2CCNC2)[nH]1. The first-order valence-electron chi connectivity index (χ1n) is 4.63. The van der Waals surface area contributed by atoms with E-state index in [2.05, 4.69) is 15.3 Å². The lowest BCUT2D eigenvalue weighted by atomic mass is 10.0. The molecule has 3 nitrogen and oxygen atoms in total. The minimum absolute atomic E-state index is 0.883. The van der Waals surface area contributed by atoms with Crippen LogP contribution in [0.2, 0.25) is 0 Å². The predicted octanol–water partition coefficient (Wildman–Crippen LogP) is 0.952. The molecule has 3 heteroatoms. The number of aromatic amines is 1. The number of hydrogen-bond donors (Lipinski definition) is 2. The number of aromatic nitrogens is 2. The van der Waals surface area contributed by atoms with Gasteiger partial charge < -0.3 is 10.3 Å². The van der Waals surface area contributed by atoms with Crippen LogP contribution in [0.3, 0.4) is 0 Å². The zero-order chi connectivity index (χ0) is 8.23. The summed E-state index contributed by atoms with van der Waals surface area (Å²) in [6, 6.07) is 0. The Morgan fingerprint density at radius 3 is 3.25 bits per heavy atom. The third-order valence-electron chi connectivity index (χ3n) is 2.54. The summed E-state index contributed by atoms with van der Waals surface area (Å²) in [6.45, 7) is 2.40. The highest BCUT2D eigenvalue weighted by molar-refractivity contribution is 4.94. The molecule has 1 atom stereocenters. The van der Waals surface area contributed by atoms with Crippen LogP contribution in [0.1, 0.15) is 18.5 Å². The second-order valence-electron chi connectivity index (χ2n) is 3.47. The lowest BCUT2D eigenvalue weighted by Crippen LogP contribution is -2.09. The van der Waals surface area contributed by atoms with Gasteiger partial charge in [0.25, 0.3) is 0 Å². The summed E-state index contributed by atoms with van der Waals surface area (Å²) in [7, 11) is 0. The van der Waals surface area contributed by atoms with Gasteiger partial charge in [-0.2, -0.15) is 0 Å². The maximum absolute atomic E-state index is 4.00. The molecule has 1 saturated heterocycles. The summed E-state index contributed by atoms with van der Waals surface area (Å²) in [5, 5.41) is 3.38. The Morgan fingerprint density at radius 1 is 1.58 bits per heavy atom. The van der Waals surface area contributed by atoms with Gasteiger partial charge in [-0.05, 0) is 38.3 Å². The van der Waals surface area contributed by atoms with E-state index in [0.717, 1.165) is 12.3 Å². The zero-order valence-corrected chi connectivity index (χ0v) is 7.21. The van der Waals surface area contributed by atoms with Crippen LogP contribution in [0.25, 0.3) is 0 Å². The molecule has 2 heterocycles. The molecule has 66 valence electrons. The van der Waals surface area contributed by atoms with Crippen LogP contribution >= 0.6 is 0 Å². The molecule has 2 N–H and O–H groups in total. The summed E-state index contributed by atoms with van der Waals surface area (Å²) in [6.07, 6.45) is 7.44. The van der Waals surface area contributed by atoms with Crippen molar-refractivity contribution in [2.45, 2.75) is 19.3 Å². The number of nitrogens with zero attached hydrogens (tertiary/aromatic N) is 1. The highest BCUT2D eigenvalue weighted by Crippen LogP contribution is 2.14. The molecule has 1 aliphatic rings. The first-order chi connectivity index (χ1) is 5.95. The van der Waals surface area contributed by atoms with E-state index >= 15 is 0 Å². The maximum Gasteiger partial charge on any atom is 0.0921 e. The van der Waals surface area contributed by atoms with E-state index < -0.39 is 0 Å². The quantitative estimate of drug-likeness (QED) is 0.700. The van der Waals surface area contributed by atoms with Crippen molar-refractivity contribution in [3.05, 3.63) is 18.2 Å². The standard InChI is InChI=1S/C9H15N3/c1(8-3-4-10-5-8)2-9-6-11-7-12-9/h6-8,10H,1-5H2,(H,11,12)/t8-/m0/s1. The van der Waals surface area contributed by atoms with Crippen molar-refractivity contribution in [3.8, 4) is 0 Å². The van der Waals surface area contributed by atoms with E-state index in [1.807, 2.05) is 6.20 Å². The van der Waals surface area contributed by atoms with Crippen molar-refractivity contribution in [2.75, 3.05) is 13.1 Å². The number of aryl methyl sites for hydroxylation is 1. The van der Waals surface area contributed by atoms with Gasteiger partial charge >= 0.3 is 0 Å². The number of hydrogen-bond acceptors (Lipinski definition) is 2. The van der Waals surface area contributed by atoms with Crippen LogP contribution in [0.5, 0.6) is 0 Å². The fourth-order valence-corrected chi connectivity index (χ4v) is 1.74. The van der Waals surface area contributed by atoms with Gasteiger partial charge in [0, 0.05) is 11.9 Å². The Kier molecular flexibility index (Phi) is 2.42. The van der Waals surface area contributed by atoms with Crippen LogP contribution < -0.4 is 5.32 Å². The Bertz CT molecular complexity index is 212. The number of nitrogens with one attached hydrogen (secondary N) is 2. The van der Waals surface area contributed by atoms with Gasteiger partial charge in [-0.25, -0.2) is 4.98 Å². The molecule has 12 heavy (non-hydrogen) atoms. The van der Waals surface area contributed by atoms with Gasteiger partial charge in [-0.15, -0.1) is 0 Å². The van der Waals surface area contributed by atoms with Crippen molar-refractivity contribution in [2.24, 2.45) is 5.92 Å². The molecule has 0 amide bonds. The normalized spacial score (nSPS) is 23.2. The molecule has 1 aromatic rings. The van der Waals surface area contributed by atoms with Gasteiger partial charge in [0.2, 0.25) is 0 Å². The van der Waals surface area contributed by atoms with Gasteiger partial charge in [0.15, 0.2) is 0 Å². The molecule has 1 aliphatic heterocycles. The molecule has 0 bridgehead atoms. The maximum atomic E-state index is 4.00. The Hall–Kier alpha value is -0.830. The third-order valence-corrected chi connectivity index (χ3v) is 2.54. The highest BCUT2D eigenvalue weighted by Gasteiger charge is 2.13. The molecular formula is C9H15N3. The van der Waals surface area contributed by atoms with E-state index in [0.29, 0.717) is 0 Å². The Morgan fingerprint density at radius 2 is 2.58 bits per heavy atom. The molecule has 0 spiro atoms. The molecule has 0 aliphatic carbocycles. The van der Waals surface area contributed by atoms with E-state index in [1.54, 1.807) is 6.33 Å². The minimum Gasteiger partial charge on any atom is -0.348 e. The largest absolute Gasteiger partial charge is 0.348 e. The molecule has 0 aromatic carbocycles. The van der Waals surface area contributed by atoms with E-state index in [9.17, 15) is 0 Å². The fourth-order valence-electron chi connectivity index (χ4n) is 1.74. The van der Waals surface area contributed by atoms with Crippen LogP contribution in [0.15, 0.2) is 12.5 Å². The lowest BCUT2D eigenvalue weighted by molar-refractivity contribution is 0.530.